The van der Waals surface area contributed by atoms with Crippen LogP contribution in [0.25, 0.3) is 16.9 Å². The summed E-state index contributed by atoms with van der Waals surface area (Å²) < 4.78 is 7.07. The van der Waals surface area contributed by atoms with E-state index in [1.54, 1.807) is 42.3 Å². The molecule has 1 aromatic heterocycles. The zero-order valence-electron chi connectivity index (χ0n) is 19.6. The Morgan fingerprint density at radius 2 is 1.74 bits per heavy atom. The van der Waals surface area contributed by atoms with Crippen LogP contribution in [0.3, 0.4) is 0 Å². The number of nitrogens with one attached hydrogen (secondary N) is 2. The molecule has 0 radical (unpaired) electrons. The van der Waals surface area contributed by atoms with Crippen molar-refractivity contribution in [3.05, 3.63) is 95.7 Å². The number of carbonyl (C=O) groups excluding carboxylic acids is 2. The van der Waals surface area contributed by atoms with E-state index in [9.17, 15) is 9.59 Å². The summed E-state index contributed by atoms with van der Waals surface area (Å²) in [7, 11) is 1.60. The zero-order chi connectivity index (χ0) is 24.4. The van der Waals surface area contributed by atoms with Crippen LogP contribution in [0.15, 0.2) is 79.0 Å². The molecule has 176 valence electrons. The molecule has 7 heteroatoms. The van der Waals surface area contributed by atoms with E-state index in [1.807, 2.05) is 55.5 Å². The molecule has 2 amide bonds. The number of carbonyl (C=O) groups is 2. The van der Waals surface area contributed by atoms with Crippen molar-refractivity contribution in [3.8, 4) is 22.7 Å². The normalized spacial score (nSPS) is 12.7. The van der Waals surface area contributed by atoms with Crippen molar-refractivity contribution in [2.75, 3.05) is 12.4 Å². The number of amides is 2. The summed E-state index contributed by atoms with van der Waals surface area (Å²) in [5.41, 5.74) is 4.74. The maximum Gasteiger partial charge on any atom is 0.259 e. The molecule has 0 unspecified atom stereocenters. The van der Waals surface area contributed by atoms with Crippen LogP contribution in [-0.4, -0.2) is 34.7 Å². The Bertz CT molecular complexity index is 1390. The van der Waals surface area contributed by atoms with Gasteiger partial charge in [0.25, 0.3) is 11.8 Å². The predicted octanol–water partition coefficient (Wildman–Crippen LogP) is 5.00. The second-order valence-electron chi connectivity index (χ2n) is 8.69. The van der Waals surface area contributed by atoms with Crippen molar-refractivity contribution in [1.82, 2.24) is 15.1 Å². The van der Waals surface area contributed by atoms with E-state index in [2.05, 4.69) is 10.6 Å². The van der Waals surface area contributed by atoms with E-state index in [4.69, 9.17) is 9.84 Å². The fraction of sp³-hybridized carbons (Fsp3) is 0.179. The van der Waals surface area contributed by atoms with Gasteiger partial charge in [0, 0.05) is 29.1 Å². The third-order valence-electron chi connectivity index (χ3n) is 5.90. The van der Waals surface area contributed by atoms with Crippen LogP contribution in [0.5, 0.6) is 5.75 Å². The van der Waals surface area contributed by atoms with E-state index in [0.717, 1.165) is 29.7 Å². The molecule has 1 saturated carbocycles. The lowest BCUT2D eigenvalue weighted by atomic mass is 10.1. The Hall–Kier alpha value is -4.39. The highest BCUT2D eigenvalue weighted by Crippen LogP contribution is 2.28. The maximum absolute atomic E-state index is 13.4. The third kappa shape index (κ3) is 5.09. The van der Waals surface area contributed by atoms with E-state index in [-0.39, 0.29) is 17.9 Å². The lowest BCUT2D eigenvalue weighted by Crippen LogP contribution is -2.25. The fourth-order valence-corrected chi connectivity index (χ4v) is 3.79. The van der Waals surface area contributed by atoms with Crippen LogP contribution in [0, 0.1) is 6.92 Å². The van der Waals surface area contributed by atoms with Crippen molar-refractivity contribution >= 4 is 17.5 Å². The number of methoxy groups -OCH3 is 1. The summed E-state index contributed by atoms with van der Waals surface area (Å²) in [6.07, 6.45) is 3.75. The first-order chi connectivity index (χ1) is 17.0. The smallest absolute Gasteiger partial charge is 0.259 e. The second-order valence-corrected chi connectivity index (χ2v) is 8.69. The van der Waals surface area contributed by atoms with Crippen LogP contribution in [0.1, 0.15) is 39.1 Å². The minimum atomic E-state index is -0.319. The first kappa shape index (κ1) is 22.4. The Kier molecular flexibility index (Phi) is 6.06. The van der Waals surface area contributed by atoms with Gasteiger partial charge in [0.2, 0.25) is 0 Å². The number of aromatic nitrogens is 2. The molecule has 0 bridgehead atoms. The fourth-order valence-electron chi connectivity index (χ4n) is 3.79. The minimum Gasteiger partial charge on any atom is -0.497 e. The number of hydrogen-bond donors (Lipinski definition) is 2. The van der Waals surface area contributed by atoms with E-state index < -0.39 is 0 Å². The van der Waals surface area contributed by atoms with Gasteiger partial charge >= 0.3 is 0 Å². The molecule has 1 heterocycles. The quantitative estimate of drug-likeness (QED) is 0.401. The molecule has 1 aliphatic rings. The molecule has 7 nitrogen and oxygen atoms in total. The van der Waals surface area contributed by atoms with Gasteiger partial charge in [-0.1, -0.05) is 35.9 Å². The van der Waals surface area contributed by atoms with Gasteiger partial charge in [-0.3, -0.25) is 9.59 Å². The summed E-state index contributed by atoms with van der Waals surface area (Å²) in [5.74, 6) is 0.224. The van der Waals surface area contributed by atoms with Crippen LogP contribution < -0.4 is 15.4 Å². The molecule has 5 rings (SSSR count). The average molecular weight is 467 g/mol. The number of rotatable bonds is 7. The first-order valence-corrected chi connectivity index (χ1v) is 11.5. The molecular weight excluding hydrogens is 440 g/mol. The monoisotopic (exact) mass is 466 g/mol. The first-order valence-electron chi connectivity index (χ1n) is 11.5. The SMILES string of the molecule is COc1cccc(-c2nn(-c3ccc(C)cc3)cc2C(=O)Nc2cccc(C(=O)NC3CC3)c2)c1. The van der Waals surface area contributed by atoms with Gasteiger partial charge in [-0.2, -0.15) is 5.10 Å². The number of aryl methyl sites for hydroxylation is 1. The van der Waals surface area contributed by atoms with E-state index in [1.165, 1.54) is 0 Å². The van der Waals surface area contributed by atoms with Crippen LogP contribution in [-0.2, 0) is 0 Å². The van der Waals surface area contributed by atoms with Crippen molar-refractivity contribution in [1.29, 1.82) is 0 Å². The molecular formula is C28H26N4O3. The van der Waals surface area contributed by atoms with Gasteiger partial charge < -0.3 is 15.4 Å². The lowest BCUT2D eigenvalue weighted by Gasteiger charge is -2.08. The summed E-state index contributed by atoms with van der Waals surface area (Å²) in [6, 6.07) is 22.6. The maximum atomic E-state index is 13.4. The molecule has 0 saturated heterocycles. The highest BCUT2D eigenvalue weighted by atomic mass is 16.5. The van der Waals surface area contributed by atoms with Crippen molar-refractivity contribution in [2.45, 2.75) is 25.8 Å². The molecule has 1 fully saturated rings. The lowest BCUT2D eigenvalue weighted by molar-refractivity contribution is 0.0949. The molecule has 0 aliphatic heterocycles. The van der Waals surface area contributed by atoms with Crippen LogP contribution >= 0.6 is 0 Å². The molecule has 35 heavy (non-hydrogen) atoms. The van der Waals surface area contributed by atoms with Gasteiger partial charge in [0.1, 0.15) is 11.4 Å². The summed E-state index contributed by atoms with van der Waals surface area (Å²) >= 11 is 0. The van der Waals surface area contributed by atoms with Gasteiger partial charge in [-0.25, -0.2) is 4.68 Å². The Morgan fingerprint density at radius 1 is 0.971 bits per heavy atom. The molecule has 0 spiro atoms. The molecule has 3 aromatic carbocycles. The second kappa shape index (κ2) is 9.46. The highest BCUT2D eigenvalue weighted by molar-refractivity contribution is 6.08. The van der Waals surface area contributed by atoms with Gasteiger partial charge in [-0.15, -0.1) is 0 Å². The molecule has 2 N–H and O–H groups in total. The number of hydrogen-bond acceptors (Lipinski definition) is 4. The minimum absolute atomic E-state index is 0.132. The molecule has 0 atom stereocenters. The zero-order valence-corrected chi connectivity index (χ0v) is 19.6. The van der Waals surface area contributed by atoms with Gasteiger partial charge in [0.05, 0.1) is 18.4 Å². The topological polar surface area (TPSA) is 85.2 Å². The van der Waals surface area contributed by atoms with Crippen LogP contribution in [0.4, 0.5) is 5.69 Å². The summed E-state index contributed by atoms with van der Waals surface area (Å²) in [5, 5.41) is 10.6. The van der Waals surface area contributed by atoms with Gasteiger partial charge in [0.15, 0.2) is 0 Å². The Morgan fingerprint density at radius 3 is 2.49 bits per heavy atom. The van der Waals surface area contributed by atoms with Crippen molar-refractivity contribution < 1.29 is 14.3 Å². The highest BCUT2D eigenvalue weighted by Gasteiger charge is 2.24. The largest absolute Gasteiger partial charge is 0.497 e. The predicted molar refractivity (Wildman–Crippen MR) is 135 cm³/mol. The molecule has 1 aliphatic carbocycles. The van der Waals surface area contributed by atoms with E-state index >= 15 is 0 Å². The summed E-state index contributed by atoms with van der Waals surface area (Å²) in [6.45, 7) is 2.02. The number of nitrogens with zero attached hydrogens (tertiary/aromatic N) is 2. The Balaban J connectivity index is 1.48. The number of benzene rings is 3. The number of ether oxygens (including phenoxy) is 1. The van der Waals surface area contributed by atoms with Crippen LogP contribution in [0.2, 0.25) is 0 Å². The summed E-state index contributed by atoms with van der Waals surface area (Å²) in [4.78, 5) is 25.9. The third-order valence-corrected chi connectivity index (χ3v) is 5.90. The number of anilines is 1. The average Bonchev–Trinajstić information content (AvgIpc) is 3.58. The standard InChI is InChI=1S/C28H26N4O3/c1-18-9-13-23(14-10-18)32-17-25(26(31-32)19-5-4-8-24(16-19)35-2)28(34)30-22-7-3-6-20(15-22)27(33)29-21-11-12-21/h3-10,13-17,21H,11-12H2,1-2H3,(H,29,33)(H,30,34). The molecule has 4 aromatic rings. The Labute approximate surface area is 203 Å². The van der Waals surface area contributed by atoms with Gasteiger partial charge in [-0.05, 0) is 62.2 Å². The van der Waals surface area contributed by atoms with Crippen molar-refractivity contribution in [2.24, 2.45) is 0 Å². The van der Waals surface area contributed by atoms with E-state index in [0.29, 0.717) is 28.3 Å². The van der Waals surface area contributed by atoms with Crippen molar-refractivity contribution in [3.63, 3.8) is 0 Å².